The molecule has 1 spiro atoms. The van der Waals surface area contributed by atoms with Crippen molar-refractivity contribution < 1.29 is 9.47 Å². The Morgan fingerprint density at radius 3 is 2.17 bits per heavy atom. The van der Waals surface area contributed by atoms with E-state index in [9.17, 15) is 0 Å². The number of hydrogen-bond donors (Lipinski definition) is 0. The zero-order valence-electron chi connectivity index (χ0n) is 7.42. The molecule has 0 aromatic carbocycles. The molecule has 0 amide bonds. The molecule has 2 rings (SSSR count). The first-order chi connectivity index (χ1) is 5.81. The lowest BCUT2D eigenvalue weighted by atomic mass is 9.93. The van der Waals surface area contributed by atoms with E-state index < -0.39 is 0 Å². The molecule has 1 saturated heterocycles. The van der Waals surface area contributed by atoms with Crippen molar-refractivity contribution in [3.63, 3.8) is 0 Å². The molecule has 1 aliphatic heterocycles. The van der Waals surface area contributed by atoms with E-state index in [2.05, 4.69) is 0 Å². The van der Waals surface area contributed by atoms with Crippen LogP contribution in [-0.4, -0.2) is 19.0 Å². The van der Waals surface area contributed by atoms with Crippen LogP contribution in [0.4, 0.5) is 0 Å². The lowest BCUT2D eigenvalue weighted by Crippen LogP contribution is -2.44. The Morgan fingerprint density at radius 2 is 1.58 bits per heavy atom. The highest BCUT2D eigenvalue weighted by molar-refractivity contribution is 4.79. The molecule has 2 radical (unpaired) electrons. The van der Waals surface area contributed by atoms with Crippen molar-refractivity contribution in [1.82, 2.24) is 0 Å². The molecule has 1 aliphatic carbocycles. The van der Waals surface area contributed by atoms with Crippen molar-refractivity contribution in [1.29, 1.82) is 0 Å². The van der Waals surface area contributed by atoms with Gasteiger partial charge in [-0.05, 0) is 19.8 Å². The second-order valence-electron chi connectivity index (χ2n) is 3.85. The minimum Gasteiger partial charge on any atom is -0.350 e. The van der Waals surface area contributed by atoms with Crippen LogP contribution in [0.5, 0.6) is 0 Å². The Kier molecular flexibility index (Phi) is 2.37. The molecule has 2 heteroatoms. The third-order valence-electron chi connectivity index (χ3n) is 2.74. The van der Waals surface area contributed by atoms with Crippen molar-refractivity contribution in [2.24, 2.45) is 5.92 Å². The van der Waals surface area contributed by atoms with Crippen LogP contribution in [0.3, 0.4) is 0 Å². The molecule has 0 N–H and O–H groups in total. The second-order valence-corrected chi connectivity index (χ2v) is 3.85. The van der Waals surface area contributed by atoms with E-state index in [0.717, 1.165) is 12.8 Å². The Bertz CT molecular complexity index is 140. The van der Waals surface area contributed by atoms with Gasteiger partial charge in [-0.15, -0.1) is 0 Å². The molecule has 2 aliphatic rings. The highest BCUT2D eigenvalue weighted by Crippen LogP contribution is 2.35. The fraction of sp³-hybridized carbons (Fsp3) is 0.900. The molecule has 0 bridgehead atoms. The van der Waals surface area contributed by atoms with E-state index in [-0.39, 0.29) is 11.7 Å². The third kappa shape index (κ3) is 1.64. The van der Waals surface area contributed by atoms with E-state index in [1.165, 1.54) is 19.3 Å². The van der Waals surface area contributed by atoms with E-state index in [4.69, 9.17) is 16.4 Å². The first kappa shape index (κ1) is 8.52. The van der Waals surface area contributed by atoms with Gasteiger partial charge in [0, 0.05) is 18.8 Å². The highest BCUT2D eigenvalue weighted by atomic mass is 16.7. The normalized spacial score (nSPS) is 30.8. The maximum absolute atomic E-state index is 5.67. The largest absolute Gasteiger partial charge is 0.350 e. The van der Waals surface area contributed by atoms with Crippen molar-refractivity contribution in [2.75, 3.05) is 13.2 Å². The van der Waals surface area contributed by atoms with Gasteiger partial charge >= 0.3 is 0 Å². The topological polar surface area (TPSA) is 18.5 Å². The molecule has 2 fully saturated rings. The molecule has 0 atom stereocenters. The van der Waals surface area contributed by atoms with Crippen LogP contribution in [0.15, 0.2) is 0 Å². The standard InChI is InChI=1S/C10H16O2/c1-9-7-11-10(12-8-9)5-3-2-4-6-10/h1,9H,2-8H2. The van der Waals surface area contributed by atoms with Crippen LogP contribution in [0.25, 0.3) is 0 Å². The second kappa shape index (κ2) is 3.35. The molecule has 2 nitrogen and oxygen atoms in total. The summed E-state index contributed by atoms with van der Waals surface area (Å²) in [6.45, 7) is 7.01. The van der Waals surface area contributed by atoms with Crippen LogP contribution < -0.4 is 0 Å². The molecular weight excluding hydrogens is 152 g/mol. The van der Waals surface area contributed by atoms with Crippen LogP contribution in [0, 0.1) is 12.8 Å². The van der Waals surface area contributed by atoms with Gasteiger partial charge < -0.3 is 9.47 Å². The number of ether oxygens (including phenoxy) is 2. The Hall–Kier alpha value is -0.0800. The van der Waals surface area contributed by atoms with Crippen molar-refractivity contribution in [3.8, 4) is 0 Å². The minimum atomic E-state index is -0.242. The maximum atomic E-state index is 5.67. The summed E-state index contributed by atoms with van der Waals surface area (Å²) >= 11 is 0. The first-order valence-corrected chi connectivity index (χ1v) is 4.84. The highest BCUT2D eigenvalue weighted by Gasteiger charge is 2.37. The van der Waals surface area contributed by atoms with Crippen molar-refractivity contribution in [2.45, 2.75) is 37.9 Å². The average Bonchev–Trinajstić information content (AvgIpc) is 2.13. The number of hydrogen-bond acceptors (Lipinski definition) is 2. The van der Waals surface area contributed by atoms with Crippen LogP contribution in [-0.2, 0) is 9.47 Å². The van der Waals surface area contributed by atoms with E-state index >= 15 is 0 Å². The molecule has 12 heavy (non-hydrogen) atoms. The Labute approximate surface area is 74.2 Å². The lowest BCUT2D eigenvalue weighted by molar-refractivity contribution is -0.290. The van der Waals surface area contributed by atoms with Crippen LogP contribution in [0.2, 0.25) is 0 Å². The maximum Gasteiger partial charge on any atom is 0.168 e. The van der Waals surface area contributed by atoms with E-state index in [0.29, 0.717) is 13.2 Å². The van der Waals surface area contributed by atoms with Gasteiger partial charge in [0.25, 0.3) is 0 Å². The fourth-order valence-electron chi connectivity index (χ4n) is 1.99. The smallest absolute Gasteiger partial charge is 0.168 e. The fourth-order valence-corrected chi connectivity index (χ4v) is 1.99. The SMILES string of the molecule is [CH]C1COC2(CCCCC2)OC1. The Balaban J connectivity index is 1.92. The zero-order chi connectivity index (χ0) is 8.44. The molecule has 0 aromatic rings. The average molecular weight is 168 g/mol. The van der Waals surface area contributed by atoms with Gasteiger partial charge in [0.05, 0.1) is 13.2 Å². The van der Waals surface area contributed by atoms with Crippen LogP contribution in [0.1, 0.15) is 32.1 Å². The van der Waals surface area contributed by atoms with Crippen molar-refractivity contribution in [3.05, 3.63) is 6.92 Å². The minimum absolute atomic E-state index is 0.0811. The molecule has 0 aromatic heterocycles. The summed E-state index contributed by atoms with van der Waals surface area (Å²) in [4.78, 5) is 0. The Morgan fingerprint density at radius 1 is 1.00 bits per heavy atom. The molecule has 0 unspecified atom stereocenters. The monoisotopic (exact) mass is 168 g/mol. The first-order valence-electron chi connectivity index (χ1n) is 4.84. The van der Waals surface area contributed by atoms with Gasteiger partial charge in [0.15, 0.2) is 5.79 Å². The van der Waals surface area contributed by atoms with E-state index in [1.807, 2.05) is 0 Å². The number of rotatable bonds is 0. The summed E-state index contributed by atoms with van der Waals surface area (Å²) in [5.74, 6) is -0.161. The van der Waals surface area contributed by atoms with Gasteiger partial charge in [-0.25, -0.2) is 0 Å². The lowest BCUT2D eigenvalue weighted by Gasteiger charge is -2.41. The summed E-state index contributed by atoms with van der Waals surface area (Å²) in [5, 5.41) is 0. The third-order valence-corrected chi connectivity index (χ3v) is 2.74. The van der Waals surface area contributed by atoms with E-state index in [1.54, 1.807) is 0 Å². The zero-order valence-corrected chi connectivity index (χ0v) is 7.42. The van der Waals surface area contributed by atoms with Crippen LogP contribution >= 0.6 is 0 Å². The van der Waals surface area contributed by atoms with Gasteiger partial charge in [0.1, 0.15) is 0 Å². The van der Waals surface area contributed by atoms with Crippen molar-refractivity contribution >= 4 is 0 Å². The summed E-state index contributed by atoms with van der Waals surface area (Å²) in [6, 6.07) is 0. The van der Waals surface area contributed by atoms with Gasteiger partial charge in [-0.1, -0.05) is 6.42 Å². The van der Waals surface area contributed by atoms with Gasteiger partial charge in [-0.3, -0.25) is 0 Å². The summed E-state index contributed by atoms with van der Waals surface area (Å²) in [5.41, 5.74) is 0. The van der Waals surface area contributed by atoms with Gasteiger partial charge in [0.2, 0.25) is 0 Å². The predicted octanol–water partition coefficient (Wildman–Crippen LogP) is 2.02. The summed E-state index contributed by atoms with van der Waals surface area (Å²) in [7, 11) is 0. The van der Waals surface area contributed by atoms with Gasteiger partial charge in [-0.2, -0.15) is 0 Å². The summed E-state index contributed by atoms with van der Waals surface area (Å²) < 4.78 is 11.3. The summed E-state index contributed by atoms with van der Waals surface area (Å²) in [6.07, 6.45) is 5.89. The molecular formula is C10H16O2. The predicted molar refractivity (Wildman–Crippen MR) is 45.5 cm³/mol. The molecule has 1 saturated carbocycles. The molecule has 1 heterocycles. The quantitative estimate of drug-likeness (QED) is 0.551. The molecule has 68 valence electrons.